The molecular formula is C11H19NO3S. The number of amides is 1. The minimum atomic E-state index is -1.33. The number of carbonyl (C=O) groups is 2. The Balaban J connectivity index is 2.37. The van der Waals surface area contributed by atoms with Gasteiger partial charge in [0.2, 0.25) is 5.91 Å². The van der Waals surface area contributed by atoms with Crippen molar-refractivity contribution in [2.75, 3.05) is 18.1 Å². The Morgan fingerprint density at radius 3 is 2.44 bits per heavy atom. The van der Waals surface area contributed by atoms with Crippen molar-refractivity contribution in [1.29, 1.82) is 0 Å². The van der Waals surface area contributed by atoms with Gasteiger partial charge in [-0.1, -0.05) is 0 Å². The summed E-state index contributed by atoms with van der Waals surface area (Å²) < 4.78 is 0. The number of hydrogen-bond acceptors (Lipinski definition) is 3. The van der Waals surface area contributed by atoms with Gasteiger partial charge in [-0.15, -0.1) is 0 Å². The second-order valence-corrected chi connectivity index (χ2v) is 5.92. The number of rotatable bonds is 4. The van der Waals surface area contributed by atoms with E-state index in [0.717, 1.165) is 24.3 Å². The Hall–Kier alpha value is -0.710. The van der Waals surface area contributed by atoms with E-state index in [2.05, 4.69) is 5.32 Å². The van der Waals surface area contributed by atoms with Crippen LogP contribution in [0.5, 0.6) is 0 Å². The highest BCUT2D eigenvalue weighted by Gasteiger charge is 2.36. The van der Waals surface area contributed by atoms with Crippen LogP contribution < -0.4 is 5.32 Å². The van der Waals surface area contributed by atoms with Crippen molar-refractivity contribution in [3.63, 3.8) is 0 Å². The lowest BCUT2D eigenvalue weighted by Crippen LogP contribution is -2.44. The highest BCUT2D eigenvalue weighted by molar-refractivity contribution is 7.99. The van der Waals surface area contributed by atoms with Crippen LogP contribution in [0.15, 0.2) is 0 Å². The van der Waals surface area contributed by atoms with Crippen molar-refractivity contribution in [2.45, 2.75) is 26.7 Å². The van der Waals surface area contributed by atoms with E-state index in [0.29, 0.717) is 12.5 Å². The molecule has 1 aliphatic rings. The molecule has 0 saturated carbocycles. The Morgan fingerprint density at radius 1 is 1.38 bits per heavy atom. The number of carbonyl (C=O) groups excluding carboxylic acids is 1. The lowest BCUT2D eigenvalue weighted by atomic mass is 9.92. The molecule has 0 radical (unpaired) electrons. The molecule has 1 aliphatic heterocycles. The Kier molecular flexibility index (Phi) is 4.65. The van der Waals surface area contributed by atoms with Crippen LogP contribution in [0.1, 0.15) is 26.7 Å². The largest absolute Gasteiger partial charge is 0.480 e. The highest BCUT2D eigenvalue weighted by atomic mass is 32.2. The summed E-state index contributed by atoms with van der Waals surface area (Å²) in [5, 5.41) is 11.6. The van der Waals surface area contributed by atoms with E-state index in [4.69, 9.17) is 5.11 Å². The van der Waals surface area contributed by atoms with E-state index in [9.17, 15) is 9.59 Å². The first kappa shape index (κ1) is 13.4. The van der Waals surface area contributed by atoms with Crippen LogP contribution in [0.3, 0.4) is 0 Å². The van der Waals surface area contributed by atoms with Gasteiger partial charge in [0, 0.05) is 6.54 Å². The maximum absolute atomic E-state index is 11.7. The van der Waals surface area contributed by atoms with E-state index in [1.165, 1.54) is 13.8 Å². The minimum Gasteiger partial charge on any atom is -0.480 e. The van der Waals surface area contributed by atoms with Gasteiger partial charge in [-0.3, -0.25) is 9.59 Å². The molecule has 0 aromatic rings. The molecule has 0 aromatic heterocycles. The van der Waals surface area contributed by atoms with Crippen LogP contribution in [-0.2, 0) is 9.59 Å². The Bertz CT molecular complexity index is 272. The maximum Gasteiger partial charge on any atom is 0.318 e. The zero-order valence-electron chi connectivity index (χ0n) is 9.78. The topological polar surface area (TPSA) is 66.4 Å². The molecule has 1 heterocycles. The number of aliphatic carboxylic acids is 1. The van der Waals surface area contributed by atoms with Crippen LogP contribution in [0, 0.1) is 11.3 Å². The first-order valence-electron chi connectivity index (χ1n) is 5.54. The van der Waals surface area contributed by atoms with Crippen molar-refractivity contribution in [3.8, 4) is 0 Å². The van der Waals surface area contributed by atoms with E-state index < -0.39 is 17.3 Å². The number of thioether (sulfide) groups is 1. The Morgan fingerprint density at radius 2 is 1.94 bits per heavy atom. The molecule has 4 nitrogen and oxygen atoms in total. The van der Waals surface area contributed by atoms with Gasteiger partial charge < -0.3 is 10.4 Å². The highest BCUT2D eigenvalue weighted by Crippen LogP contribution is 2.22. The standard InChI is InChI=1S/C11H19NO3S/c1-11(2,10(14)15)9(13)12-7-8-3-5-16-6-4-8/h8H,3-7H2,1-2H3,(H,12,13)(H,14,15). The van der Waals surface area contributed by atoms with E-state index in [-0.39, 0.29) is 0 Å². The van der Waals surface area contributed by atoms with Gasteiger partial charge in [0.05, 0.1) is 0 Å². The molecule has 0 spiro atoms. The van der Waals surface area contributed by atoms with Crippen molar-refractivity contribution >= 4 is 23.6 Å². The van der Waals surface area contributed by atoms with Crippen LogP contribution in [0.2, 0.25) is 0 Å². The maximum atomic E-state index is 11.7. The molecule has 92 valence electrons. The van der Waals surface area contributed by atoms with Gasteiger partial charge >= 0.3 is 5.97 Å². The third-order valence-corrected chi connectivity index (χ3v) is 4.04. The fourth-order valence-electron chi connectivity index (χ4n) is 1.51. The van der Waals surface area contributed by atoms with Gasteiger partial charge in [0.15, 0.2) is 0 Å². The fraction of sp³-hybridized carbons (Fsp3) is 0.818. The van der Waals surface area contributed by atoms with Gasteiger partial charge in [-0.25, -0.2) is 0 Å². The zero-order chi connectivity index (χ0) is 12.2. The third-order valence-electron chi connectivity index (χ3n) is 2.99. The zero-order valence-corrected chi connectivity index (χ0v) is 10.6. The molecule has 16 heavy (non-hydrogen) atoms. The van der Waals surface area contributed by atoms with E-state index in [1.54, 1.807) is 0 Å². The van der Waals surface area contributed by atoms with Gasteiger partial charge in [-0.05, 0) is 44.1 Å². The summed E-state index contributed by atoms with van der Waals surface area (Å²) in [6.45, 7) is 3.47. The predicted octanol–water partition coefficient (Wildman–Crippen LogP) is 1.36. The summed E-state index contributed by atoms with van der Waals surface area (Å²) >= 11 is 1.94. The molecule has 1 rings (SSSR count). The lowest BCUT2D eigenvalue weighted by Gasteiger charge is -2.24. The first-order valence-corrected chi connectivity index (χ1v) is 6.69. The van der Waals surface area contributed by atoms with Crippen LogP contribution in [-0.4, -0.2) is 35.0 Å². The van der Waals surface area contributed by atoms with Crippen LogP contribution >= 0.6 is 11.8 Å². The summed E-state index contributed by atoms with van der Waals surface area (Å²) in [7, 11) is 0. The normalized spacial score (nSPS) is 18.1. The predicted molar refractivity (Wildman–Crippen MR) is 64.5 cm³/mol. The smallest absolute Gasteiger partial charge is 0.318 e. The number of carboxylic acids is 1. The molecule has 0 aromatic carbocycles. The SMILES string of the molecule is CC(C)(C(=O)O)C(=O)NCC1CCSCC1. The quantitative estimate of drug-likeness (QED) is 0.734. The number of carboxylic acid groups (broad SMARTS) is 1. The molecule has 5 heteroatoms. The van der Waals surface area contributed by atoms with Crippen LogP contribution in [0.4, 0.5) is 0 Å². The molecule has 0 aliphatic carbocycles. The minimum absolute atomic E-state index is 0.391. The van der Waals surface area contributed by atoms with E-state index >= 15 is 0 Å². The third kappa shape index (κ3) is 3.40. The Labute approximate surface area is 100 Å². The summed E-state index contributed by atoms with van der Waals surface area (Å²) in [6, 6.07) is 0. The first-order chi connectivity index (χ1) is 7.44. The molecular weight excluding hydrogens is 226 g/mol. The van der Waals surface area contributed by atoms with Crippen molar-refractivity contribution in [3.05, 3.63) is 0 Å². The summed E-state index contributed by atoms with van der Waals surface area (Å²) in [5.41, 5.74) is -1.33. The summed E-state index contributed by atoms with van der Waals surface area (Å²) in [5.74, 6) is 1.32. The fourth-order valence-corrected chi connectivity index (χ4v) is 2.71. The summed E-state index contributed by atoms with van der Waals surface area (Å²) in [6.07, 6.45) is 2.22. The van der Waals surface area contributed by atoms with Crippen molar-refractivity contribution in [1.82, 2.24) is 5.32 Å². The molecule has 0 atom stereocenters. The molecule has 0 unspecified atom stereocenters. The molecule has 2 N–H and O–H groups in total. The second kappa shape index (κ2) is 5.57. The van der Waals surface area contributed by atoms with Gasteiger partial charge in [-0.2, -0.15) is 11.8 Å². The molecule has 1 amide bonds. The van der Waals surface area contributed by atoms with Gasteiger partial charge in [0.1, 0.15) is 5.41 Å². The number of hydrogen-bond donors (Lipinski definition) is 2. The lowest BCUT2D eigenvalue weighted by molar-refractivity contribution is -0.153. The molecule has 1 fully saturated rings. The summed E-state index contributed by atoms with van der Waals surface area (Å²) in [4.78, 5) is 22.5. The molecule has 1 saturated heterocycles. The number of nitrogens with one attached hydrogen (secondary N) is 1. The second-order valence-electron chi connectivity index (χ2n) is 4.70. The monoisotopic (exact) mass is 245 g/mol. The average molecular weight is 245 g/mol. The van der Waals surface area contributed by atoms with Gasteiger partial charge in [0.25, 0.3) is 0 Å². The van der Waals surface area contributed by atoms with Crippen molar-refractivity contribution in [2.24, 2.45) is 11.3 Å². The average Bonchev–Trinajstić information content (AvgIpc) is 2.27. The molecule has 0 bridgehead atoms. The van der Waals surface area contributed by atoms with E-state index in [1.807, 2.05) is 11.8 Å². The van der Waals surface area contributed by atoms with Crippen LogP contribution in [0.25, 0.3) is 0 Å². The van der Waals surface area contributed by atoms with Crippen molar-refractivity contribution < 1.29 is 14.7 Å².